The van der Waals surface area contributed by atoms with Gasteiger partial charge in [0.2, 0.25) is 0 Å². The monoisotopic (exact) mass is 234 g/mol. The summed E-state index contributed by atoms with van der Waals surface area (Å²) in [4.78, 5) is 0. The third-order valence-electron chi connectivity index (χ3n) is 2.63. The summed E-state index contributed by atoms with van der Waals surface area (Å²) in [7, 11) is 0. The molecule has 1 heterocycles. The van der Waals surface area contributed by atoms with Gasteiger partial charge in [-0.3, -0.25) is 0 Å². The Labute approximate surface area is 93.6 Å². The molecule has 0 saturated carbocycles. The minimum atomic E-state index is -4.25. The first-order chi connectivity index (χ1) is 7.23. The number of alkyl halides is 3. The van der Waals surface area contributed by atoms with Crippen molar-refractivity contribution in [3.63, 3.8) is 0 Å². The lowest BCUT2D eigenvalue weighted by Gasteiger charge is -2.21. The highest BCUT2D eigenvalue weighted by Crippen LogP contribution is 2.41. The van der Waals surface area contributed by atoms with Crippen LogP contribution in [0.4, 0.5) is 13.2 Å². The molecule has 0 amide bonds. The zero-order valence-corrected chi connectivity index (χ0v) is 9.93. The maximum Gasteiger partial charge on any atom is 0.399 e. The van der Waals surface area contributed by atoms with Crippen molar-refractivity contribution in [1.29, 1.82) is 0 Å². The summed E-state index contributed by atoms with van der Waals surface area (Å²) in [5.41, 5.74) is 0.810. The van der Waals surface area contributed by atoms with E-state index in [1.165, 1.54) is 12.3 Å². The van der Waals surface area contributed by atoms with Gasteiger partial charge in [0, 0.05) is 0 Å². The molecule has 92 valence electrons. The SMILES string of the molecule is CC(C)c1coc([C@H](C(C)C)C(F)(F)F)c1. The summed E-state index contributed by atoms with van der Waals surface area (Å²) in [6.07, 6.45) is -2.83. The van der Waals surface area contributed by atoms with Crippen LogP contribution in [-0.2, 0) is 0 Å². The summed E-state index contributed by atoms with van der Waals surface area (Å²) < 4.78 is 43.5. The highest BCUT2D eigenvalue weighted by atomic mass is 19.4. The summed E-state index contributed by atoms with van der Waals surface area (Å²) >= 11 is 0. The molecule has 0 bridgehead atoms. The van der Waals surface area contributed by atoms with Crippen molar-refractivity contribution in [1.82, 2.24) is 0 Å². The van der Waals surface area contributed by atoms with Gasteiger partial charge in [0.05, 0.1) is 6.26 Å². The van der Waals surface area contributed by atoms with Gasteiger partial charge in [0.1, 0.15) is 11.7 Å². The lowest BCUT2D eigenvalue weighted by atomic mass is 9.92. The molecule has 0 saturated heterocycles. The molecule has 0 aliphatic heterocycles. The van der Waals surface area contributed by atoms with E-state index in [0.29, 0.717) is 0 Å². The van der Waals surface area contributed by atoms with E-state index in [0.717, 1.165) is 5.56 Å². The van der Waals surface area contributed by atoms with E-state index in [-0.39, 0.29) is 11.7 Å². The Balaban J connectivity index is 3.03. The molecule has 0 spiro atoms. The predicted octanol–water partition coefficient (Wildman–Crippen LogP) is 4.70. The van der Waals surface area contributed by atoms with Crippen LogP contribution in [0.1, 0.15) is 50.9 Å². The fraction of sp³-hybridized carbons (Fsp3) is 0.667. The average molecular weight is 234 g/mol. The molecule has 0 N–H and O–H groups in total. The smallest absolute Gasteiger partial charge is 0.399 e. The molecule has 0 unspecified atom stereocenters. The van der Waals surface area contributed by atoms with Crippen LogP contribution in [0.15, 0.2) is 16.7 Å². The maximum atomic E-state index is 12.8. The number of furan rings is 1. The van der Waals surface area contributed by atoms with Crippen molar-refractivity contribution < 1.29 is 17.6 Å². The second-order valence-corrected chi connectivity index (χ2v) is 4.70. The van der Waals surface area contributed by atoms with Crippen LogP contribution in [-0.4, -0.2) is 6.18 Å². The van der Waals surface area contributed by atoms with Gasteiger partial charge in [-0.15, -0.1) is 0 Å². The van der Waals surface area contributed by atoms with Crippen LogP contribution in [0, 0.1) is 5.92 Å². The topological polar surface area (TPSA) is 13.1 Å². The van der Waals surface area contributed by atoms with Crippen molar-refractivity contribution in [2.24, 2.45) is 5.92 Å². The Hall–Kier alpha value is -0.930. The third-order valence-corrected chi connectivity index (χ3v) is 2.63. The van der Waals surface area contributed by atoms with Gasteiger partial charge in [0.25, 0.3) is 0 Å². The lowest BCUT2D eigenvalue weighted by molar-refractivity contribution is -0.163. The zero-order chi connectivity index (χ0) is 12.5. The van der Waals surface area contributed by atoms with Crippen LogP contribution >= 0.6 is 0 Å². The van der Waals surface area contributed by atoms with Gasteiger partial charge >= 0.3 is 6.18 Å². The molecule has 0 aliphatic rings. The molecule has 0 aliphatic carbocycles. The predicted molar refractivity (Wildman–Crippen MR) is 56.4 cm³/mol. The van der Waals surface area contributed by atoms with E-state index >= 15 is 0 Å². The minimum absolute atomic E-state index is 0.0196. The van der Waals surface area contributed by atoms with Crippen LogP contribution in [0.3, 0.4) is 0 Å². The Morgan fingerprint density at radius 2 is 1.69 bits per heavy atom. The molecule has 1 aromatic rings. The molecule has 4 heteroatoms. The number of hydrogen-bond donors (Lipinski definition) is 0. The van der Waals surface area contributed by atoms with E-state index in [9.17, 15) is 13.2 Å². The number of halogens is 3. The molecule has 0 radical (unpaired) electrons. The van der Waals surface area contributed by atoms with Gasteiger partial charge < -0.3 is 4.42 Å². The molecule has 1 nitrogen and oxygen atoms in total. The van der Waals surface area contributed by atoms with E-state index in [1.54, 1.807) is 13.8 Å². The zero-order valence-electron chi connectivity index (χ0n) is 9.93. The number of hydrogen-bond acceptors (Lipinski definition) is 1. The van der Waals surface area contributed by atoms with E-state index < -0.39 is 18.0 Å². The molecule has 1 aromatic heterocycles. The molecule has 1 atom stereocenters. The summed E-state index contributed by atoms with van der Waals surface area (Å²) in [5.74, 6) is -1.84. The van der Waals surface area contributed by atoms with Gasteiger partial charge in [-0.1, -0.05) is 27.7 Å². The minimum Gasteiger partial charge on any atom is -0.468 e. The van der Waals surface area contributed by atoms with Gasteiger partial charge in [-0.2, -0.15) is 13.2 Å². The van der Waals surface area contributed by atoms with Crippen molar-refractivity contribution in [3.05, 3.63) is 23.7 Å². The van der Waals surface area contributed by atoms with E-state index in [4.69, 9.17) is 4.42 Å². The average Bonchev–Trinajstić information content (AvgIpc) is 2.49. The van der Waals surface area contributed by atoms with Crippen molar-refractivity contribution in [2.45, 2.75) is 45.7 Å². The molecule has 0 fully saturated rings. The standard InChI is InChI=1S/C12H17F3O/c1-7(2)9-5-10(16-6-9)11(8(3)4)12(13,14)15/h5-8,11H,1-4H3/t11-/m0/s1. The summed E-state index contributed by atoms with van der Waals surface area (Å²) in [6.45, 7) is 6.95. The van der Waals surface area contributed by atoms with Gasteiger partial charge in [-0.25, -0.2) is 0 Å². The van der Waals surface area contributed by atoms with Crippen LogP contribution in [0.25, 0.3) is 0 Å². The highest BCUT2D eigenvalue weighted by molar-refractivity contribution is 5.20. The molecular weight excluding hydrogens is 217 g/mol. The van der Waals surface area contributed by atoms with Crippen molar-refractivity contribution in [3.8, 4) is 0 Å². The first-order valence-corrected chi connectivity index (χ1v) is 5.38. The van der Waals surface area contributed by atoms with Crippen molar-refractivity contribution >= 4 is 0 Å². The van der Waals surface area contributed by atoms with E-state index in [1.807, 2.05) is 13.8 Å². The molecular formula is C12H17F3O. The first kappa shape index (κ1) is 13.1. The fourth-order valence-corrected chi connectivity index (χ4v) is 1.70. The maximum absolute atomic E-state index is 12.8. The quantitative estimate of drug-likeness (QED) is 0.738. The second kappa shape index (κ2) is 4.52. The van der Waals surface area contributed by atoms with Gasteiger partial charge in [-0.05, 0) is 23.5 Å². The summed E-state index contributed by atoms with van der Waals surface area (Å²) in [5, 5.41) is 0. The first-order valence-electron chi connectivity index (χ1n) is 5.38. The van der Waals surface area contributed by atoms with Crippen LogP contribution in [0.5, 0.6) is 0 Å². The number of rotatable bonds is 3. The molecule has 0 aromatic carbocycles. The largest absolute Gasteiger partial charge is 0.468 e. The second-order valence-electron chi connectivity index (χ2n) is 4.70. The lowest BCUT2D eigenvalue weighted by Crippen LogP contribution is -2.25. The molecule has 16 heavy (non-hydrogen) atoms. The third kappa shape index (κ3) is 2.80. The Morgan fingerprint density at radius 3 is 2.00 bits per heavy atom. The Morgan fingerprint density at radius 1 is 1.12 bits per heavy atom. The molecule has 1 rings (SSSR count). The fourth-order valence-electron chi connectivity index (χ4n) is 1.70. The van der Waals surface area contributed by atoms with Crippen molar-refractivity contribution in [2.75, 3.05) is 0 Å². The van der Waals surface area contributed by atoms with E-state index in [2.05, 4.69) is 0 Å². The van der Waals surface area contributed by atoms with Gasteiger partial charge in [0.15, 0.2) is 0 Å². The Kier molecular flexibility index (Phi) is 3.71. The van der Waals surface area contributed by atoms with Crippen LogP contribution in [0.2, 0.25) is 0 Å². The normalized spacial score (nSPS) is 14.8. The highest BCUT2D eigenvalue weighted by Gasteiger charge is 2.44. The summed E-state index contributed by atoms with van der Waals surface area (Å²) in [6, 6.07) is 1.52. The Bertz CT molecular complexity index is 336. The van der Waals surface area contributed by atoms with Crippen LogP contribution < -0.4 is 0 Å².